The van der Waals surface area contributed by atoms with Crippen LogP contribution in [0, 0.1) is 5.92 Å². The highest BCUT2D eigenvalue weighted by atomic mass is 32.1. The van der Waals surface area contributed by atoms with Crippen LogP contribution in [0.5, 0.6) is 0 Å². The van der Waals surface area contributed by atoms with Crippen molar-refractivity contribution in [2.24, 2.45) is 11.7 Å². The molecule has 0 aliphatic heterocycles. The Morgan fingerprint density at radius 3 is 3.05 bits per heavy atom. The van der Waals surface area contributed by atoms with Crippen LogP contribution in [0.1, 0.15) is 25.7 Å². The van der Waals surface area contributed by atoms with E-state index in [1.54, 1.807) is 17.7 Å². The molecule has 2 heterocycles. The average molecular weight is 276 g/mol. The molecule has 0 aromatic carbocycles. The second-order valence-electron chi connectivity index (χ2n) is 5.30. The van der Waals surface area contributed by atoms with Crippen molar-refractivity contribution in [1.29, 1.82) is 0 Å². The lowest BCUT2D eigenvalue weighted by Crippen LogP contribution is -2.43. The number of rotatable bonds is 3. The van der Waals surface area contributed by atoms with Gasteiger partial charge in [0.05, 0.1) is 5.39 Å². The molecule has 102 valence electrons. The first-order valence-electron chi connectivity index (χ1n) is 6.92. The van der Waals surface area contributed by atoms with Crippen LogP contribution in [-0.4, -0.2) is 29.6 Å². The summed E-state index contributed by atoms with van der Waals surface area (Å²) in [6.45, 7) is 0.771. The van der Waals surface area contributed by atoms with E-state index in [4.69, 9.17) is 5.73 Å². The Bertz CT molecular complexity index is 553. The third-order valence-electron chi connectivity index (χ3n) is 4.24. The molecule has 1 fully saturated rings. The van der Waals surface area contributed by atoms with E-state index in [2.05, 4.69) is 33.4 Å². The molecule has 2 unspecified atom stereocenters. The lowest BCUT2D eigenvalue weighted by Gasteiger charge is -2.38. The third kappa shape index (κ3) is 2.32. The molecule has 3 rings (SSSR count). The Hall–Kier alpha value is -1.20. The van der Waals surface area contributed by atoms with Gasteiger partial charge in [0.25, 0.3) is 0 Å². The van der Waals surface area contributed by atoms with Crippen LogP contribution in [0.3, 0.4) is 0 Å². The summed E-state index contributed by atoms with van der Waals surface area (Å²) in [6.07, 6.45) is 6.73. The minimum Gasteiger partial charge on any atom is -0.356 e. The molecule has 5 heteroatoms. The van der Waals surface area contributed by atoms with E-state index in [1.807, 2.05) is 0 Å². The maximum Gasteiger partial charge on any atom is 0.140 e. The van der Waals surface area contributed by atoms with Gasteiger partial charge in [-0.1, -0.05) is 12.8 Å². The summed E-state index contributed by atoms with van der Waals surface area (Å²) in [4.78, 5) is 12.2. The maximum atomic E-state index is 5.94. The van der Waals surface area contributed by atoms with Crippen LogP contribution in [0.25, 0.3) is 10.2 Å². The standard InChI is InChI=1S/C14H20N4S/c1-18(12-5-3-2-4-10(12)8-15)13-11-6-7-19-14(11)17-9-16-13/h6-7,9-10,12H,2-5,8,15H2,1H3. The molecule has 2 aromatic rings. The van der Waals surface area contributed by atoms with Gasteiger partial charge in [-0.3, -0.25) is 0 Å². The Morgan fingerprint density at radius 2 is 2.21 bits per heavy atom. The van der Waals surface area contributed by atoms with Gasteiger partial charge < -0.3 is 10.6 Å². The van der Waals surface area contributed by atoms with E-state index in [1.165, 1.54) is 25.7 Å². The zero-order chi connectivity index (χ0) is 13.2. The fourth-order valence-corrected chi connectivity index (χ4v) is 3.92. The maximum absolute atomic E-state index is 5.94. The van der Waals surface area contributed by atoms with Gasteiger partial charge in [0.15, 0.2) is 0 Å². The second kappa shape index (κ2) is 5.43. The minimum atomic E-state index is 0.511. The normalized spacial score (nSPS) is 23.7. The number of anilines is 1. The Kier molecular flexibility index (Phi) is 3.66. The lowest BCUT2D eigenvalue weighted by molar-refractivity contribution is 0.306. The van der Waals surface area contributed by atoms with E-state index in [9.17, 15) is 0 Å². The summed E-state index contributed by atoms with van der Waals surface area (Å²) in [5.41, 5.74) is 5.94. The molecule has 4 nitrogen and oxygen atoms in total. The molecule has 0 radical (unpaired) electrons. The highest BCUT2D eigenvalue weighted by Crippen LogP contribution is 2.33. The molecular weight excluding hydrogens is 256 g/mol. The fourth-order valence-electron chi connectivity index (χ4n) is 3.19. The van der Waals surface area contributed by atoms with Crippen molar-refractivity contribution < 1.29 is 0 Å². The second-order valence-corrected chi connectivity index (χ2v) is 6.19. The number of fused-ring (bicyclic) bond motifs is 1. The van der Waals surface area contributed by atoms with E-state index in [0.717, 1.165) is 22.6 Å². The molecule has 0 bridgehead atoms. The van der Waals surface area contributed by atoms with E-state index >= 15 is 0 Å². The van der Waals surface area contributed by atoms with Crippen LogP contribution >= 0.6 is 11.3 Å². The SMILES string of the molecule is CN(c1ncnc2sccc12)C1CCCCC1CN. The third-order valence-corrected chi connectivity index (χ3v) is 5.06. The van der Waals surface area contributed by atoms with Crippen molar-refractivity contribution in [3.63, 3.8) is 0 Å². The monoisotopic (exact) mass is 276 g/mol. The Balaban J connectivity index is 1.94. The van der Waals surface area contributed by atoms with Gasteiger partial charge in [0, 0.05) is 13.1 Å². The summed E-state index contributed by atoms with van der Waals surface area (Å²) >= 11 is 1.67. The van der Waals surface area contributed by atoms with Crippen molar-refractivity contribution >= 4 is 27.4 Å². The average Bonchev–Trinajstić information content (AvgIpc) is 2.94. The first-order valence-corrected chi connectivity index (χ1v) is 7.80. The Labute approximate surface area is 117 Å². The Morgan fingerprint density at radius 1 is 1.37 bits per heavy atom. The van der Waals surface area contributed by atoms with Crippen molar-refractivity contribution in [2.45, 2.75) is 31.7 Å². The topological polar surface area (TPSA) is 55.0 Å². The zero-order valence-electron chi connectivity index (χ0n) is 11.2. The number of hydrogen-bond donors (Lipinski definition) is 1. The van der Waals surface area contributed by atoms with Crippen LogP contribution < -0.4 is 10.6 Å². The smallest absolute Gasteiger partial charge is 0.140 e. The number of nitrogens with two attached hydrogens (primary N) is 1. The van der Waals surface area contributed by atoms with Gasteiger partial charge >= 0.3 is 0 Å². The van der Waals surface area contributed by atoms with Crippen LogP contribution in [0.2, 0.25) is 0 Å². The highest BCUT2D eigenvalue weighted by Gasteiger charge is 2.28. The van der Waals surface area contributed by atoms with Gasteiger partial charge in [-0.2, -0.15) is 0 Å². The molecule has 2 atom stereocenters. The quantitative estimate of drug-likeness (QED) is 0.936. The van der Waals surface area contributed by atoms with Crippen molar-refractivity contribution in [3.05, 3.63) is 17.8 Å². The number of aromatic nitrogens is 2. The molecule has 1 aliphatic rings. The summed E-state index contributed by atoms with van der Waals surface area (Å²) in [5, 5.41) is 3.24. The van der Waals surface area contributed by atoms with E-state index < -0.39 is 0 Å². The number of hydrogen-bond acceptors (Lipinski definition) is 5. The molecule has 2 aromatic heterocycles. The predicted octanol–water partition coefficient (Wildman–Crippen LogP) is 2.64. The summed E-state index contributed by atoms with van der Waals surface area (Å²) in [6, 6.07) is 2.63. The molecule has 0 amide bonds. The van der Waals surface area contributed by atoms with E-state index in [0.29, 0.717) is 12.0 Å². The van der Waals surface area contributed by atoms with Gasteiger partial charge in [0.1, 0.15) is 17.0 Å². The molecule has 1 aliphatic carbocycles. The summed E-state index contributed by atoms with van der Waals surface area (Å²) < 4.78 is 0. The minimum absolute atomic E-state index is 0.511. The lowest BCUT2D eigenvalue weighted by atomic mass is 9.83. The molecular formula is C14H20N4S. The fraction of sp³-hybridized carbons (Fsp3) is 0.571. The summed E-state index contributed by atoms with van der Waals surface area (Å²) in [7, 11) is 2.15. The van der Waals surface area contributed by atoms with Gasteiger partial charge in [0.2, 0.25) is 0 Å². The van der Waals surface area contributed by atoms with Gasteiger partial charge in [-0.15, -0.1) is 11.3 Å². The first-order chi connectivity index (χ1) is 9.31. The zero-order valence-corrected chi connectivity index (χ0v) is 12.1. The van der Waals surface area contributed by atoms with Crippen LogP contribution in [0.4, 0.5) is 5.82 Å². The van der Waals surface area contributed by atoms with Crippen molar-refractivity contribution in [3.8, 4) is 0 Å². The first kappa shape index (κ1) is 12.8. The molecule has 2 N–H and O–H groups in total. The summed E-state index contributed by atoms with van der Waals surface area (Å²) in [5.74, 6) is 1.64. The molecule has 19 heavy (non-hydrogen) atoms. The van der Waals surface area contributed by atoms with Crippen molar-refractivity contribution in [1.82, 2.24) is 9.97 Å². The predicted molar refractivity (Wildman–Crippen MR) is 80.6 cm³/mol. The van der Waals surface area contributed by atoms with Gasteiger partial charge in [-0.05, 0) is 36.8 Å². The highest BCUT2D eigenvalue weighted by molar-refractivity contribution is 7.16. The molecule has 0 spiro atoms. The largest absolute Gasteiger partial charge is 0.356 e. The molecule has 1 saturated carbocycles. The van der Waals surface area contributed by atoms with Gasteiger partial charge in [-0.25, -0.2) is 9.97 Å². The van der Waals surface area contributed by atoms with Crippen LogP contribution in [0.15, 0.2) is 17.8 Å². The van der Waals surface area contributed by atoms with Crippen molar-refractivity contribution in [2.75, 3.05) is 18.5 Å². The number of thiophene rings is 1. The van der Waals surface area contributed by atoms with E-state index in [-0.39, 0.29) is 0 Å². The van der Waals surface area contributed by atoms with Crippen LogP contribution in [-0.2, 0) is 0 Å². The number of nitrogens with zero attached hydrogens (tertiary/aromatic N) is 3. The molecule has 0 saturated heterocycles.